The maximum atomic E-state index is 9.99. The zero-order valence-electron chi connectivity index (χ0n) is 9.43. The topological polar surface area (TPSA) is 74.6 Å². The second-order valence-corrected chi connectivity index (χ2v) is 3.30. The van der Waals surface area contributed by atoms with Crippen molar-refractivity contribution in [1.82, 2.24) is 0 Å². The summed E-state index contributed by atoms with van der Waals surface area (Å²) >= 11 is 0. The molecule has 0 aliphatic heterocycles. The molecule has 2 unspecified atom stereocenters. The van der Waals surface area contributed by atoms with E-state index in [1.807, 2.05) is 0 Å². The van der Waals surface area contributed by atoms with Crippen molar-refractivity contribution in [3.63, 3.8) is 0 Å². The minimum absolute atomic E-state index is 0.315. The van der Waals surface area contributed by atoms with E-state index in [9.17, 15) is 9.59 Å². The molecule has 0 amide bonds. The van der Waals surface area contributed by atoms with Crippen LogP contribution in [0.3, 0.4) is 0 Å². The van der Waals surface area contributed by atoms with E-state index < -0.39 is 23.8 Å². The maximum absolute atomic E-state index is 9.99. The van der Waals surface area contributed by atoms with E-state index >= 15 is 0 Å². The second kappa shape index (κ2) is 9.61. The minimum atomic E-state index is -0.831. The first-order chi connectivity index (χ1) is 7.36. The Morgan fingerprint density at radius 3 is 1.31 bits per heavy atom. The molecule has 0 saturated carbocycles. The first-order valence-electron chi connectivity index (χ1n) is 4.69. The van der Waals surface area contributed by atoms with Crippen molar-refractivity contribution in [2.75, 3.05) is 0 Å². The van der Waals surface area contributed by atoms with E-state index in [-0.39, 0.29) is 0 Å². The Bertz CT molecular complexity index is 274. The number of terminal acetylenes is 2. The van der Waals surface area contributed by atoms with E-state index in [0.717, 1.165) is 0 Å². The van der Waals surface area contributed by atoms with Gasteiger partial charge in [0.05, 0.1) is 11.8 Å². The highest BCUT2D eigenvalue weighted by Gasteiger charge is 2.07. The van der Waals surface area contributed by atoms with Crippen molar-refractivity contribution in [2.24, 2.45) is 11.8 Å². The maximum Gasteiger partial charge on any atom is 0.307 e. The Kier molecular flexibility index (Phi) is 9.90. The van der Waals surface area contributed by atoms with Crippen molar-refractivity contribution in [3.05, 3.63) is 0 Å². The molecule has 0 aliphatic carbocycles. The van der Waals surface area contributed by atoms with Crippen LogP contribution in [0.1, 0.15) is 26.7 Å². The number of rotatable bonds is 4. The lowest BCUT2D eigenvalue weighted by molar-refractivity contribution is -0.141. The van der Waals surface area contributed by atoms with Crippen LogP contribution >= 0.6 is 0 Å². The van der Waals surface area contributed by atoms with Crippen molar-refractivity contribution in [2.45, 2.75) is 26.7 Å². The second-order valence-electron chi connectivity index (χ2n) is 3.30. The summed E-state index contributed by atoms with van der Waals surface area (Å²) in [5.41, 5.74) is 0. The van der Waals surface area contributed by atoms with Gasteiger partial charge in [0, 0.05) is 12.8 Å². The zero-order valence-corrected chi connectivity index (χ0v) is 9.43. The highest BCUT2D eigenvalue weighted by molar-refractivity contribution is 5.70. The van der Waals surface area contributed by atoms with Crippen molar-refractivity contribution < 1.29 is 19.8 Å². The molecular formula is C12H16O4. The Hall–Kier alpha value is -1.94. The van der Waals surface area contributed by atoms with Crippen molar-refractivity contribution >= 4 is 11.9 Å². The molecule has 0 bridgehead atoms. The van der Waals surface area contributed by atoms with Crippen LogP contribution in [-0.4, -0.2) is 22.2 Å². The largest absolute Gasteiger partial charge is 0.481 e. The highest BCUT2D eigenvalue weighted by Crippen LogP contribution is 1.98. The standard InChI is InChI=1S/2C6H8O2/c2*1-3-4-5(2)6(7)8/h2*1,5H,4H2,2H3,(H,7,8). The van der Waals surface area contributed by atoms with E-state index in [4.69, 9.17) is 23.1 Å². The molecule has 0 saturated heterocycles. The van der Waals surface area contributed by atoms with Gasteiger partial charge in [-0.15, -0.1) is 24.7 Å². The van der Waals surface area contributed by atoms with Gasteiger partial charge in [-0.1, -0.05) is 13.8 Å². The van der Waals surface area contributed by atoms with Gasteiger partial charge in [-0.05, 0) is 0 Å². The van der Waals surface area contributed by atoms with Gasteiger partial charge >= 0.3 is 11.9 Å². The first kappa shape index (κ1) is 16.5. The van der Waals surface area contributed by atoms with Gasteiger partial charge in [0.1, 0.15) is 0 Å². The average molecular weight is 224 g/mol. The molecule has 0 spiro atoms. The molecule has 0 aromatic heterocycles. The summed E-state index contributed by atoms with van der Waals surface area (Å²) in [7, 11) is 0. The van der Waals surface area contributed by atoms with Crippen LogP contribution in [-0.2, 0) is 9.59 Å². The average Bonchev–Trinajstić information content (AvgIpc) is 2.19. The molecule has 0 aromatic carbocycles. The molecule has 0 rings (SSSR count). The Morgan fingerprint density at radius 1 is 1.00 bits per heavy atom. The van der Waals surface area contributed by atoms with Gasteiger partial charge in [-0.25, -0.2) is 0 Å². The number of aliphatic carboxylic acids is 2. The van der Waals surface area contributed by atoms with Gasteiger partial charge in [-0.2, -0.15) is 0 Å². The quantitative estimate of drug-likeness (QED) is 0.709. The molecule has 0 fully saturated rings. The summed E-state index contributed by atoms with van der Waals surface area (Å²) in [6, 6.07) is 0. The molecule has 2 atom stereocenters. The molecule has 4 nitrogen and oxygen atoms in total. The minimum Gasteiger partial charge on any atom is -0.481 e. The van der Waals surface area contributed by atoms with Gasteiger partial charge in [0.2, 0.25) is 0 Å². The molecule has 0 aliphatic rings. The van der Waals surface area contributed by atoms with Crippen molar-refractivity contribution in [3.8, 4) is 24.7 Å². The third-order valence-electron chi connectivity index (χ3n) is 1.69. The number of carbonyl (C=O) groups is 2. The zero-order chi connectivity index (χ0) is 13.1. The predicted octanol–water partition coefficient (Wildman–Crippen LogP) is 1.46. The molecule has 88 valence electrons. The number of carboxylic acids is 2. The monoisotopic (exact) mass is 224 g/mol. The Balaban J connectivity index is 0. The van der Waals surface area contributed by atoms with Crippen LogP contribution in [0.15, 0.2) is 0 Å². The third kappa shape index (κ3) is 10.1. The van der Waals surface area contributed by atoms with E-state index in [1.165, 1.54) is 0 Å². The van der Waals surface area contributed by atoms with Crippen LogP contribution in [0.4, 0.5) is 0 Å². The van der Waals surface area contributed by atoms with Gasteiger partial charge < -0.3 is 10.2 Å². The summed E-state index contributed by atoms with van der Waals surface area (Å²) in [4.78, 5) is 20.0. The molecule has 0 heterocycles. The SMILES string of the molecule is C#CCC(C)C(=O)O.C#CCC(C)C(=O)O. The van der Waals surface area contributed by atoms with Crippen LogP contribution in [0.2, 0.25) is 0 Å². The Morgan fingerprint density at radius 2 is 1.25 bits per heavy atom. The fourth-order valence-corrected chi connectivity index (χ4v) is 0.528. The molecular weight excluding hydrogens is 208 g/mol. The third-order valence-corrected chi connectivity index (χ3v) is 1.69. The fourth-order valence-electron chi connectivity index (χ4n) is 0.528. The van der Waals surface area contributed by atoms with Crippen LogP contribution in [0.5, 0.6) is 0 Å². The van der Waals surface area contributed by atoms with Crippen LogP contribution in [0, 0.1) is 36.5 Å². The van der Waals surface area contributed by atoms with Crippen LogP contribution in [0.25, 0.3) is 0 Å². The summed E-state index contributed by atoms with van der Waals surface area (Å²) in [6.07, 6.45) is 10.3. The molecule has 4 heteroatoms. The summed E-state index contributed by atoms with van der Waals surface area (Å²) in [5, 5.41) is 16.4. The van der Waals surface area contributed by atoms with E-state index in [0.29, 0.717) is 12.8 Å². The smallest absolute Gasteiger partial charge is 0.307 e. The summed E-state index contributed by atoms with van der Waals surface area (Å²) < 4.78 is 0. The molecule has 16 heavy (non-hydrogen) atoms. The van der Waals surface area contributed by atoms with Crippen LogP contribution < -0.4 is 0 Å². The fraction of sp³-hybridized carbons (Fsp3) is 0.500. The molecule has 2 N–H and O–H groups in total. The highest BCUT2D eigenvalue weighted by atomic mass is 16.4. The number of carboxylic acid groups (broad SMARTS) is 2. The van der Waals surface area contributed by atoms with Crippen molar-refractivity contribution in [1.29, 1.82) is 0 Å². The first-order valence-corrected chi connectivity index (χ1v) is 4.69. The summed E-state index contributed by atoms with van der Waals surface area (Å²) in [5.74, 6) is 2.07. The molecule has 0 aromatic rings. The van der Waals surface area contributed by atoms with Gasteiger partial charge in [-0.3, -0.25) is 9.59 Å². The molecule has 0 radical (unpaired) electrons. The van der Waals surface area contributed by atoms with E-state index in [2.05, 4.69) is 11.8 Å². The lowest BCUT2D eigenvalue weighted by atomic mass is 10.1. The van der Waals surface area contributed by atoms with Gasteiger partial charge in [0.15, 0.2) is 0 Å². The normalized spacial score (nSPS) is 12.0. The lowest BCUT2D eigenvalue weighted by Gasteiger charge is -1.96. The van der Waals surface area contributed by atoms with Gasteiger partial charge in [0.25, 0.3) is 0 Å². The van der Waals surface area contributed by atoms with E-state index in [1.54, 1.807) is 13.8 Å². The number of hydrogen-bond acceptors (Lipinski definition) is 2. The Labute approximate surface area is 95.7 Å². The lowest BCUT2D eigenvalue weighted by Crippen LogP contribution is -2.07. The number of hydrogen-bond donors (Lipinski definition) is 2. The predicted molar refractivity (Wildman–Crippen MR) is 60.5 cm³/mol. The summed E-state index contributed by atoms with van der Waals surface area (Å²) in [6.45, 7) is 3.17.